The minimum Gasteiger partial charge on any atom is -0.497 e. The first-order chi connectivity index (χ1) is 11.7. The number of carbonyl (C=O) groups is 1. The number of carbonyl (C=O) groups excluding carboxylic acids is 1. The molecule has 0 saturated carbocycles. The fourth-order valence-electron chi connectivity index (χ4n) is 3.33. The highest BCUT2D eigenvalue weighted by molar-refractivity contribution is 9.10. The lowest BCUT2D eigenvalue weighted by Gasteiger charge is -2.27. The van der Waals surface area contributed by atoms with Gasteiger partial charge < -0.3 is 14.6 Å². The summed E-state index contributed by atoms with van der Waals surface area (Å²) >= 11 is 3.47. The molecular weight excluding hydrogens is 368 g/mol. The fourth-order valence-corrected chi connectivity index (χ4v) is 3.78. The van der Waals surface area contributed by atoms with Gasteiger partial charge in [-0.25, -0.2) is 0 Å². The summed E-state index contributed by atoms with van der Waals surface area (Å²) in [5, 5.41) is 1.19. The van der Waals surface area contributed by atoms with E-state index in [4.69, 9.17) is 4.74 Å². The number of hydrogen-bond acceptors (Lipinski definition) is 2. The fraction of sp³-hybridized carbons (Fsp3) is 0.211. The quantitative estimate of drug-likeness (QED) is 0.721. The number of methoxy groups -OCH3 is 1. The van der Waals surface area contributed by atoms with E-state index in [0.29, 0.717) is 12.1 Å². The summed E-state index contributed by atoms with van der Waals surface area (Å²) in [4.78, 5) is 18.2. The average molecular weight is 385 g/mol. The van der Waals surface area contributed by atoms with Gasteiger partial charge in [-0.2, -0.15) is 0 Å². The van der Waals surface area contributed by atoms with Crippen molar-refractivity contribution in [3.05, 3.63) is 63.8 Å². The second kappa shape index (κ2) is 5.98. The van der Waals surface area contributed by atoms with Gasteiger partial charge in [-0.15, -0.1) is 0 Å². The normalized spacial score (nSPS) is 13.8. The molecule has 5 heteroatoms. The molecule has 2 aromatic carbocycles. The molecule has 0 atom stereocenters. The van der Waals surface area contributed by atoms with E-state index in [1.54, 1.807) is 7.11 Å². The van der Waals surface area contributed by atoms with Gasteiger partial charge in [0.25, 0.3) is 5.91 Å². The Morgan fingerprint density at radius 2 is 2.08 bits per heavy atom. The Kier molecular flexibility index (Phi) is 3.81. The number of rotatable bonds is 2. The van der Waals surface area contributed by atoms with Gasteiger partial charge in [-0.3, -0.25) is 4.79 Å². The van der Waals surface area contributed by atoms with Crippen LogP contribution in [0.2, 0.25) is 0 Å². The summed E-state index contributed by atoms with van der Waals surface area (Å²) in [5.74, 6) is 0.917. The number of aromatic amines is 1. The van der Waals surface area contributed by atoms with E-state index < -0.39 is 0 Å². The molecule has 3 aromatic rings. The standard InChI is InChI=1S/C19H17BrN2O2/c1-24-12-6-7-17-15(10-12)13-8-9-22(11-18(13)21-17)19(23)14-4-2-3-5-16(14)20/h2-7,10,21H,8-9,11H2,1H3. The number of H-pyrrole nitrogens is 1. The molecule has 0 unspecified atom stereocenters. The zero-order chi connectivity index (χ0) is 16.7. The Morgan fingerprint density at radius 1 is 1.25 bits per heavy atom. The molecule has 4 nitrogen and oxygen atoms in total. The minimum atomic E-state index is 0.0596. The van der Waals surface area contributed by atoms with E-state index in [1.807, 2.05) is 41.3 Å². The van der Waals surface area contributed by atoms with E-state index in [9.17, 15) is 4.79 Å². The Labute approximate surface area is 148 Å². The number of aromatic nitrogens is 1. The predicted octanol–water partition coefficient (Wildman–Crippen LogP) is 4.14. The van der Waals surface area contributed by atoms with Gasteiger partial charge >= 0.3 is 0 Å². The maximum Gasteiger partial charge on any atom is 0.255 e. The Balaban J connectivity index is 1.67. The molecule has 0 fully saturated rings. The van der Waals surface area contributed by atoms with Crippen molar-refractivity contribution in [1.29, 1.82) is 0 Å². The molecule has 1 N–H and O–H groups in total. The van der Waals surface area contributed by atoms with Crippen molar-refractivity contribution < 1.29 is 9.53 Å². The van der Waals surface area contributed by atoms with Crippen molar-refractivity contribution in [2.45, 2.75) is 13.0 Å². The molecule has 0 radical (unpaired) electrons. The van der Waals surface area contributed by atoms with Gasteiger partial charge in [0.2, 0.25) is 0 Å². The summed E-state index contributed by atoms with van der Waals surface area (Å²) in [6, 6.07) is 13.6. The van der Waals surface area contributed by atoms with Crippen LogP contribution in [-0.2, 0) is 13.0 Å². The highest BCUT2D eigenvalue weighted by Gasteiger charge is 2.25. The number of fused-ring (bicyclic) bond motifs is 3. The van der Waals surface area contributed by atoms with E-state index in [1.165, 1.54) is 10.9 Å². The van der Waals surface area contributed by atoms with Crippen molar-refractivity contribution in [2.24, 2.45) is 0 Å². The molecular formula is C19H17BrN2O2. The summed E-state index contributed by atoms with van der Waals surface area (Å²) < 4.78 is 6.16. The smallest absolute Gasteiger partial charge is 0.255 e. The van der Waals surface area contributed by atoms with Crippen LogP contribution in [-0.4, -0.2) is 29.4 Å². The van der Waals surface area contributed by atoms with Gasteiger partial charge in [-0.05, 0) is 58.2 Å². The third-order valence-electron chi connectivity index (χ3n) is 4.57. The second-order valence-corrected chi connectivity index (χ2v) is 6.80. The third kappa shape index (κ3) is 2.49. The van der Waals surface area contributed by atoms with Gasteiger partial charge in [0.15, 0.2) is 0 Å². The number of amides is 1. The summed E-state index contributed by atoms with van der Waals surface area (Å²) in [5.41, 5.74) is 4.21. The lowest BCUT2D eigenvalue weighted by Crippen LogP contribution is -2.36. The average Bonchev–Trinajstić information content (AvgIpc) is 2.98. The number of nitrogens with one attached hydrogen (secondary N) is 1. The SMILES string of the molecule is COc1ccc2[nH]c3c(c2c1)CCN(C(=O)c1ccccc1Br)C3. The second-order valence-electron chi connectivity index (χ2n) is 5.95. The Bertz CT molecular complexity index is 932. The minimum absolute atomic E-state index is 0.0596. The molecule has 2 heterocycles. The highest BCUT2D eigenvalue weighted by Crippen LogP contribution is 2.31. The molecule has 0 saturated heterocycles. The molecule has 0 aliphatic carbocycles. The van der Waals surface area contributed by atoms with Crippen molar-refractivity contribution in [2.75, 3.05) is 13.7 Å². The maximum atomic E-state index is 12.8. The molecule has 0 bridgehead atoms. The molecule has 1 aliphatic heterocycles. The van der Waals surface area contributed by atoms with Crippen molar-refractivity contribution in [1.82, 2.24) is 9.88 Å². The molecule has 0 spiro atoms. The Morgan fingerprint density at radius 3 is 2.88 bits per heavy atom. The molecule has 1 aliphatic rings. The topological polar surface area (TPSA) is 45.3 Å². The van der Waals surface area contributed by atoms with Crippen LogP contribution in [0.4, 0.5) is 0 Å². The van der Waals surface area contributed by atoms with Crippen LogP contribution in [0.25, 0.3) is 10.9 Å². The zero-order valence-corrected chi connectivity index (χ0v) is 14.9. The lowest BCUT2D eigenvalue weighted by atomic mass is 10.0. The van der Waals surface area contributed by atoms with Crippen LogP contribution in [0.1, 0.15) is 21.6 Å². The molecule has 1 amide bonds. The molecule has 4 rings (SSSR count). The van der Waals surface area contributed by atoms with Crippen LogP contribution in [0.15, 0.2) is 46.9 Å². The zero-order valence-electron chi connectivity index (χ0n) is 13.3. The number of ether oxygens (including phenoxy) is 1. The van der Waals surface area contributed by atoms with Crippen molar-refractivity contribution >= 4 is 32.7 Å². The first-order valence-electron chi connectivity index (χ1n) is 7.88. The number of benzene rings is 2. The number of halogens is 1. The monoisotopic (exact) mass is 384 g/mol. The first kappa shape index (κ1) is 15.3. The van der Waals surface area contributed by atoms with Crippen molar-refractivity contribution in [3.8, 4) is 5.75 Å². The Hall–Kier alpha value is -2.27. The van der Waals surface area contributed by atoms with E-state index in [-0.39, 0.29) is 5.91 Å². The highest BCUT2D eigenvalue weighted by atomic mass is 79.9. The molecule has 24 heavy (non-hydrogen) atoms. The van der Waals surface area contributed by atoms with E-state index >= 15 is 0 Å². The largest absolute Gasteiger partial charge is 0.497 e. The first-order valence-corrected chi connectivity index (χ1v) is 8.68. The third-order valence-corrected chi connectivity index (χ3v) is 5.27. The van der Waals surface area contributed by atoms with E-state index in [0.717, 1.165) is 34.4 Å². The van der Waals surface area contributed by atoms with Crippen LogP contribution in [0.5, 0.6) is 5.75 Å². The summed E-state index contributed by atoms with van der Waals surface area (Å²) in [6.45, 7) is 1.32. The number of nitrogens with zero attached hydrogens (tertiary/aromatic N) is 1. The van der Waals surface area contributed by atoms with Gasteiger partial charge in [0.1, 0.15) is 5.75 Å². The summed E-state index contributed by atoms with van der Waals surface area (Å²) in [7, 11) is 1.68. The molecule has 1 aromatic heterocycles. The summed E-state index contributed by atoms with van der Waals surface area (Å²) in [6.07, 6.45) is 0.846. The lowest BCUT2D eigenvalue weighted by molar-refractivity contribution is 0.0732. The molecule has 122 valence electrons. The predicted molar refractivity (Wildman–Crippen MR) is 97.4 cm³/mol. The number of hydrogen-bond donors (Lipinski definition) is 1. The van der Waals surface area contributed by atoms with Gasteiger partial charge in [0.05, 0.1) is 19.2 Å². The van der Waals surface area contributed by atoms with E-state index in [2.05, 4.69) is 27.0 Å². The van der Waals surface area contributed by atoms with Gasteiger partial charge in [0, 0.05) is 27.6 Å². The van der Waals surface area contributed by atoms with Gasteiger partial charge in [-0.1, -0.05) is 12.1 Å². The van der Waals surface area contributed by atoms with Crippen LogP contribution in [0, 0.1) is 0 Å². The van der Waals surface area contributed by atoms with Crippen LogP contribution < -0.4 is 4.74 Å². The van der Waals surface area contributed by atoms with Crippen molar-refractivity contribution in [3.63, 3.8) is 0 Å². The van der Waals surface area contributed by atoms with Crippen LogP contribution in [0.3, 0.4) is 0 Å². The maximum absolute atomic E-state index is 12.8. The van der Waals surface area contributed by atoms with Crippen LogP contribution >= 0.6 is 15.9 Å².